The molecule has 7 nitrogen and oxygen atoms in total. The normalized spacial score (nSPS) is 19.4. The van der Waals surface area contributed by atoms with Crippen LogP contribution in [0, 0.1) is 0 Å². The first-order chi connectivity index (χ1) is 14.7. The monoisotopic (exact) mass is 414 g/mol. The molecule has 2 fully saturated rings. The Labute approximate surface area is 176 Å². The van der Waals surface area contributed by atoms with Crippen molar-refractivity contribution in [1.29, 1.82) is 0 Å². The first-order valence-electron chi connectivity index (χ1n) is 9.81. The second kappa shape index (κ2) is 9.28. The van der Waals surface area contributed by atoms with Gasteiger partial charge in [0.05, 0.1) is 34.5 Å². The molecule has 0 saturated carbocycles. The van der Waals surface area contributed by atoms with Crippen molar-refractivity contribution < 1.29 is 33.2 Å². The first kappa shape index (κ1) is 20.4. The van der Waals surface area contributed by atoms with Gasteiger partial charge in [-0.1, -0.05) is 18.2 Å². The lowest BCUT2D eigenvalue weighted by molar-refractivity contribution is 0.241. The van der Waals surface area contributed by atoms with Crippen molar-refractivity contribution in [3.63, 3.8) is 0 Å². The van der Waals surface area contributed by atoms with Gasteiger partial charge in [-0.2, -0.15) is 0 Å². The van der Waals surface area contributed by atoms with Crippen molar-refractivity contribution in [2.45, 2.75) is 12.2 Å². The molecule has 2 atom stereocenters. The quantitative estimate of drug-likeness (QED) is 0.412. The van der Waals surface area contributed by atoms with Gasteiger partial charge in [0.1, 0.15) is 25.4 Å². The second-order valence-corrected chi connectivity index (χ2v) is 7.03. The minimum absolute atomic E-state index is 0.151. The largest absolute Gasteiger partial charge is 0.493 e. The lowest BCUT2D eigenvalue weighted by Crippen LogP contribution is -2.06. The lowest BCUT2D eigenvalue weighted by Gasteiger charge is -2.15. The Morgan fingerprint density at radius 3 is 1.83 bits per heavy atom. The fourth-order valence-corrected chi connectivity index (χ4v) is 2.93. The molecule has 160 valence electrons. The van der Waals surface area contributed by atoms with Crippen molar-refractivity contribution in [2.24, 2.45) is 0 Å². The minimum atomic E-state index is 0.151. The summed E-state index contributed by atoms with van der Waals surface area (Å²) in [5, 5.41) is 0. The number of epoxide rings is 2. The number of methoxy groups -OCH3 is 3. The van der Waals surface area contributed by atoms with Crippen molar-refractivity contribution in [3.05, 3.63) is 41.5 Å². The minimum Gasteiger partial charge on any atom is -0.493 e. The Hall–Kier alpha value is -2.90. The van der Waals surface area contributed by atoms with E-state index in [1.807, 2.05) is 42.5 Å². The average Bonchev–Trinajstić information content (AvgIpc) is 3.69. The van der Waals surface area contributed by atoms with E-state index in [-0.39, 0.29) is 12.2 Å². The maximum Gasteiger partial charge on any atom is 0.203 e. The van der Waals surface area contributed by atoms with Crippen LogP contribution in [0.25, 0.3) is 12.2 Å². The van der Waals surface area contributed by atoms with Crippen LogP contribution in [-0.4, -0.2) is 60.0 Å². The molecule has 2 aliphatic rings. The van der Waals surface area contributed by atoms with Crippen LogP contribution in [0.2, 0.25) is 0 Å². The van der Waals surface area contributed by atoms with Gasteiger partial charge in [0.25, 0.3) is 0 Å². The molecule has 2 unspecified atom stereocenters. The highest BCUT2D eigenvalue weighted by Gasteiger charge is 2.25. The zero-order chi connectivity index (χ0) is 20.9. The standard InChI is InChI=1S/C23H26O7/c1-24-20-8-15(6-7-19(20)29-13-17-11-27-17)4-5-16-9-21(25-2)23(22(10-16)26-3)30-14-18-12-28-18/h4-10,17-18H,11-14H2,1-3H3/b5-4+. The third-order valence-corrected chi connectivity index (χ3v) is 4.78. The van der Waals surface area contributed by atoms with E-state index in [0.717, 1.165) is 24.3 Å². The van der Waals surface area contributed by atoms with Crippen molar-refractivity contribution in [2.75, 3.05) is 47.8 Å². The Morgan fingerprint density at radius 1 is 0.733 bits per heavy atom. The summed E-state index contributed by atoms with van der Waals surface area (Å²) < 4.78 is 38.5. The molecular weight excluding hydrogens is 388 g/mol. The molecule has 0 bridgehead atoms. The molecule has 2 aromatic rings. The van der Waals surface area contributed by atoms with Crippen LogP contribution in [0.15, 0.2) is 30.3 Å². The molecule has 4 rings (SSSR count). The summed E-state index contributed by atoms with van der Waals surface area (Å²) in [6.45, 7) is 2.50. The predicted octanol–water partition coefficient (Wildman–Crippen LogP) is 3.44. The highest BCUT2D eigenvalue weighted by atomic mass is 16.6. The van der Waals surface area contributed by atoms with Gasteiger partial charge in [0.15, 0.2) is 23.0 Å². The Balaban J connectivity index is 1.50. The van der Waals surface area contributed by atoms with Gasteiger partial charge >= 0.3 is 0 Å². The van der Waals surface area contributed by atoms with Crippen molar-refractivity contribution >= 4 is 12.2 Å². The van der Waals surface area contributed by atoms with Gasteiger partial charge in [-0.3, -0.25) is 0 Å². The van der Waals surface area contributed by atoms with Crippen LogP contribution in [0.5, 0.6) is 28.7 Å². The molecular formula is C23H26O7. The molecule has 0 aromatic heterocycles. The summed E-state index contributed by atoms with van der Waals surface area (Å²) in [6, 6.07) is 9.63. The molecule has 7 heteroatoms. The summed E-state index contributed by atoms with van der Waals surface area (Å²) in [5.41, 5.74) is 1.90. The molecule has 2 heterocycles. The van der Waals surface area contributed by atoms with Crippen LogP contribution in [0.4, 0.5) is 0 Å². The Morgan fingerprint density at radius 2 is 1.27 bits per heavy atom. The van der Waals surface area contributed by atoms with Crippen LogP contribution in [-0.2, 0) is 9.47 Å². The van der Waals surface area contributed by atoms with Crippen molar-refractivity contribution in [3.8, 4) is 28.7 Å². The van der Waals surface area contributed by atoms with Crippen LogP contribution >= 0.6 is 0 Å². The smallest absolute Gasteiger partial charge is 0.203 e. The molecule has 30 heavy (non-hydrogen) atoms. The van der Waals surface area contributed by atoms with E-state index in [9.17, 15) is 0 Å². The average molecular weight is 414 g/mol. The van der Waals surface area contributed by atoms with E-state index in [0.29, 0.717) is 42.0 Å². The topological polar surface area (TPSA) is 71.2 Å². The van der Waals surface area contributed by atoms with Crippen LogP contribution in [0.3, 0.4) is 0 Å². The van der Waals surface area contributed by atoms with Crippen LogP contribution < -0.4 is 23.7 Å². The predicted molar refractivity (Wildman–Crippen MR) is 112 cm³/mol. The Bertz CT molecular complexity index is 875. The van der Waals surface area contributed by atoms with Gasteiger partial charge in [-0.15, -0.1) is 0 Å². The maximum atomic E-state index is 5.84. The number of rotatable bonds is 11. The molecule has 2 saturated heterocycles. The molecule has 0 amide bonds. The Kier molecular flexibility index (Phi) is 6.30. The lowest BCUT2D eigenvalue weighted by atomic mass is 10.1. The highest BCUT2D eigenvalue weighted by molar-refractivity contribution is 5.73. The van der Waals surface area contributed by atoms with Gasteiger partial charge in [-0.25, -0.2) is 0 Å². The summed E-state index contributed by atoms with van der Waals surface area (Å²) in [5.74, 6) is 3.18. The summed E-state index contributed by atoms with van der Waals surface area (Å²) in [4.78, 5) is 0. The number of hydrogen-bond acceptors (Lipinski definition) is 7. The third-order valence-electron chi connectivity index (χ3n) is 4.78. The molecule has 0 N–H and O–H groups in total. The number of benzene rings is 2. The third kappa shape index (κ3) is 5.17. The molecule has 0 aliphatic carbocycles. The van der Waals surface area contributed by atoms with Gasteiger partial charge < -0.3 is 33.2 Å². The van der Waals surface area contributed by atoms with Gasteiger partial charge in [0.2, 0.25) is 5.75 Å². The summed E-state index contributed by atoms with van der Waals surface area (Å²) in [7, 11) is 4.85. The van der Waals surface area contributed by atoms with Gasteiger partial charge in [0, 0.05) is 0 Å². The maximum absolute atomic E-state index is 5.84. The van der Waals surface area contributed by atoms with E-state index in [4.69, 9.17) is 33.2 Å². The molecule has 2 aromatic carbocycles. The van der Waals surface area contributed by atoms with E-state index in [1.54, 1.807) is 21.3 Å². The molecule has 0 spiro atoms. The fraction of sp³-hybridized carbons (Fsp3) is 0.391. The van der Waals surface area contributed by atoms with E-state index in [2.05, 4.69) is 0 Å². The first-order valence-corrected chi connectivity index (χ1v) is 9.81. The SMILES string of the molecule is COc1cc(/C=C/c2cc(OC)c(OCC3CO3)c(OC)c2)ccc1OCC1CO1. The second-order valence-electron chi connectivity index (χ2n) is 7.03. The highest BCUT2D eigenvalue weighted by Crippen LogP contribution is 2.39. The fourth-order valence-electron chi connectivity index (χ4n) is 2.93. The number of ether oxygens (including phenoxy) is 7. The summed E-state index contributed by atoms with van der Waals surface area (Å²) >= 11 is 0. The molecule has 2 aliphatic heterocycles. The zero-order valence-corrected chi connectivity index (χ0v) is 17.4. The molecule has 0 radical (unpaired) electrons. The van der Waals surface area contributed by atoms with E-state index in [1.165, 1.54) is 0 Å². The van der Waals surface area contributed by atoms with Crippen LogP contribution in [0.1, 0.15) is 11.1 Å². The summed E-state index contributed by atoms with van der Waals surface area (Å²) in [6.07, 6.45) is 4.32. The number of hydrogen-bond donors (Lipinski definition) is 0. The van der Waals surface area contributed by atoms with E-state index < -0.39 is 0 Å². The van der Waals surface area contributed by atoms with E-state index >= 15 is 0 Å². The zero-order valence-electron chi connectivity index (χ0n) is 17.4. The van der Waals surface area contributed by atoms with Gasteiger partial charge in [-0.05, 0) is 35.4 Å². The van der Waals surface area contributed by atoms with Crippen molar-refractivity contribution in [1.82, 2.24) is 0 Å².